The lowest BCUT2D eigenvalue weighted by Gasteiger charge is -2.15. The number of nitrogens with one attached hydrogen (secondary N) is 1. The maximum Gasteiger partial charge on any atom is 0.311 e. The number of nitro groups is 1. The Labute approximate surface area is 116 Å². The highest BCUT2D eigenvalue weighted by Crippen LogP contribution is 2.31. The van der Waals surface area contributed by atoms with Crippen molar-refractivity contribution in [3.8, 4) is 5.75 Å². The van der Waals surface area contributed by atoms with Crippen LogP contribution in [0.5, 0.6) is 5.75 Å². The molecule has 1 aromatic carbocycles. The lowest BCUT2D eigenvalue weighted by molar-refractivity contribution is -0.385. The molecular weight excluding hydrogens is 258 g/mol. The highest BCUT2D eigenvalue weighted by molar-refractivity contribution is 5.58. The summed E-state index contributed by atoms with van der Waals surface area (Å²) in [6, 6.07) is 8.57. The second-order valence-corrected chi connectivity index (χ2v) is 4.30. The van der Waals surface area contributed by atoms with Gasteiger partial charge in [-0.1, -0.05) is 6.07 Å². The summed E-state index contributed by atoms with van der Waals surface area (Å²) in [7, 11) is 1.41. The van der Waals surface area contributed by atoms with Gasteiger partial charge in [0.15, 0.2) is 5.75 Å². The number of benzene rings is 1. The highest BCUT2D eigenvalue weighted by Gasteiger charge is 2.15. The summed E-state index contributed by atoms with van der Waals surface area (Å²) in [6.07, 6.45) is 3.49. The van der Waals surface area contributed by atoms with Crippen molar-refractivity contribution in [1.29, 1.82) is 0 Å². The topological polar surface area (TPSA) is 77.3 Å². The number of hydrogen-bond acceptors (Lipinski definition) is 5. The normalized spacial score (nSPS) is 11.7. The summed E-state index contributed by atoms with van der Waals surface area (Å²) in [5.41, 5.74) is 1.74. The third kappa shape index (κ3) is 3.03. The van der Waals surface area contributed by atoms with Crippen LogP contribution in [0.15, 0.2) is 42.7 Å². The van der Waals surface area contributed by atoms with E-state index in [0.29, 0.717) is 0 Å². The zero-order valence-electron chi connectivity index (χ0n) is 11.2. The van der Waals surface area contributed by atoms with E-state index in [4.69, 9.17) is 4.74 Å². The van der Waals surface area contributed by atoms with E-state index in [1.165, 1.54) is 13.2 Å². The average Bonchev–Trinajstić information content (AvgIpc) is 2.47. The van der Waals surface area contributed by atoms with Crippen LogP contribution in [-0.4, -0.2) is 17.0 Å². The molecule has 0 amide bonds. The van der Waals surface area contributed by atoms with Gasteiger partial charge in [-0.15, -0.1) is 0 Å². The highest BCUT2D eigenvalue weighted by atomic mass is 16.6. The molecule has 2 aromatic rings. The van der Waals surface area contributed by atoms with Gasteiger partial charge in [0.25, 0.3) is 0 Å². The van der Waals surface area contributed by atoms with Crippen LogP contribution in [0.1, 0.15) is 18.5 Å². The molecule has 6 nitrogen and oxygen atoms in total. The zero-order chi connectivity index (χ0) is 14.5. The van der Waals surface area contributed by atoms with Crippen molar-refractivity contribution in [2.45, 2.75) is 13.0 Å². The predicted octanol–water partition coefficient (Wildman–Crippen LogP) is 3.17. The zero-order valence-corrected chi connectivity index (χ0v) is 11.2. The van der Waals surface area contributed by atoms with E-state index in [9.17, 15) is 10.1 Å². The van der Waals surface area contributed by atoms with Crippen molar-refractivity contribution in [3.63, 3.8) is 0 Å². The van der Waals surface area contributed by atoms with Crippen LogP contribution in [0.3, 0.4) is 0 Å². The van der Waals surface area contributed by atoms with E-state index >= 15 is 0 Å². The van der Waals surface area contributed by atoms with Crippen LogP contribution in [0.4, 0.5) is 11.4 Å². The van der Waals surface area contributed by atoms with Crippen molar-refractivity contribution < 1.29 is 9.66 Å². The van der Waals surface area contributed by atoms with Gasteiger partial charge in [0.2, 0.25) is 0 Å². The molecule has 104 valence electrons. The van der Waals surface area contributed by atoms with Crippen LogP contribution in [-0.2, 0) is 0 Å². The van der Waals surface area contributed by atoms with Gasteiger partial charge in [-0.3, -0.25) is 15.1 Å². The quantitative estimate of drug-likeness (QED) is 0.668. The Morgan fingerprint density at radius 1 is 1.40 bits per heavy atom. The first-order chi connectivity index (χ1) is 9.61. The van der Waals surface area contributed by atoms with Gasteiger partial charge in [0, 0.05) is 30.2 Å². The third-order valence-corrected chi connectivity index (χ3v) is 2.94. The largest absolute Gasteiger partial charge is 0.490 e. The Bertz CT molecular complexity index is 602. The van der Waals surface area contributed by atoms with Gasteiger partial charge in [0.05, 0.1) is 18.1 Å². The van der Waals surface area contributed by atoms with E-state index in [-0.39, 0.29) is 17.5 Å². The predicted molar refractivity (Wildman–Crippen MR) is 75.9 cm³/mol. The summed E-state index contributed by atoms with van der Waals surface area (Å²) in [6.45, 7) is 1.99. The SMILES string of the molecule is COc1cc(NC(C)c2cccnc2)ccc1[N+](=O)[O-]. The molecule has 2 rings (SSSR count). The number of anilines is 1. The minimum Gasteiger partial charge on any atom is -0.490 e. The van der Waals surface area contributed by atoms with Crippen molar-refractivity contribution in [1.82, 2.24) is 4.98 Å². The molecule has 1 aromatic heterocycles. The first-order valence-electron chi connectivity index (χ1n) is 6.10. The number of rotatable bonds is 5. The van der Waals surface area contributed by atoms with Crippen LogP contribution < -0.4 is 10.1 Å². The maximum atomic E-state index is 10.8. The number of methoxy groups -OCH3 is 1. The molecule has 0 saturated heterocycles. The molecule has 6 heteroatoms. The fourth-order valence-corrected chi connectivity index (χ4v) is 1.88. The fraction of sp³-hybridized carbons (Fsp3) is 0.214. The minimum absolute atomic E-state index is 0.0369. The van der Waals surface area contributed by atoms with Crippen LogP contribution in [0.2, 0.25) is 0 Å². The van der Waals surface area contributed by atoms with Gasteiger partial charge >= 0.3 is 5.69 Å². The standard InChI is InChI=1S/C14H15N3O3/c1-10(11-4-3-7-15-9-11)16-12-5-6-13(17(18)19)14(8-12)20-2/h3-10,16H,1-2H3. The second-order valence-electron chi connectivity index (χ2n) is 4.30. The van der Waals surface area contributed by atoms with E-state index in [1.807, 2.05) is 19.1 Å². The Hall–Kier alpha value is -2.63. The monoisotopic (exact) mass is 273 g/mol. The molecule has 1 atom stereocenters. The molecule has 1 N–H and O–H groups in total. The lowest BCUT2D eigenvalue weighted by Crippen LogP contribution is -2.07. The van der Waals surface area contributed by atoms with Crippen LogP contribution in [0, 0.1) is 10.1 Å². The van der Waals surface area contributed by atoms with Gasteiger partial charge in [-0.05, 0) is 24.6 Å². The van der Waals surface area contributed by atoms with E-state index < -0.39 is 4.92 Å². The Morgan fingerprint density at radius 2 is 2.20 bits per heavy atom. The first kappa shape index (κ1) is 13.8. The molecule has 20 heavy (non-hydrogen) atoms. The van der Waals surface area contributed by atoms with Crippen molar-refractivity contribution in [3.05, 3.63) is 58.4 Å². The molecule has 0 aliphatic carbocycles. The van der Waals surface area contributed by atoms with Gasteiger partial charge in [-0.25, -0.2) is 0 Å². The minimum atomic E-state index is -0.465. The van der Waals surface area contributed by atoms with E-state index in [1.54, 1.807) is 24.5 Å². The van der Waals surface area contributed by atoms with Gasteiger partial charge in [-0.2, -0.15) is 0 Å². The Kier molecular flexibility index (Phi) is 4.14. The van der Waals surface area contributed by atoms with Gasteiger partial charge in [0.1, 0.15) is 0 Å². The average molecular weight is 273 g/mol. The summed E-state index contributed by atoms with van der Waals surface area (Å²) >= 11 is 0. The third-order valence-electron chi connectivity index (χ3n) is 2.94. The van der Waals surface area contributed by atoms with Crippen molar-refractivity contribution in [2.24, 2.45) is 0 Å². The smallest absolute Gasteiger partial charge is 0.311 e. The van der Waals surface area contributed by atoms with Gasteiger partial charge < -0.3 is 10.1 Å². The molecule has 0 saturated carbocycles. The number of aromatic nitrogens is 1. The molecular formula is C14H15N3O3. The van der Waals surface area contributed by atoms with Crippen molar-refractivity contribution >= 4 is 11.4 Å². The molecule has 0 bridgehead atoms. The number of nitrogens with zero attached hydrogens (tertiary/aromatic N) is 2. The summed E-state index contributed by atoms with van der Waals surface area (Å²) in [5, 5.41) is 14.1. The molecule has 0 aliphatic heterocycles. The molecule has 1 unspecified atom stereocenters. The number of nitro benzene ring substituents is 1. The fourth-order valence-electron chi connectivity index (χ4n) is 1.88. The van der Waals surface area contributed by atoms with Crippen LogP contribution >= 0.6 is 0 Å². The lowest BCUT2D eigenvalue weighted by atomic mass is 10.1. The molecule has 0 radical (unpaired) electrons. The summed E-state index contributed by atoms with van der Waals surface area (Å²) in [4.78, 5) is 14.4. The molecule has 0 fully saturated rings. The van der Waals surface area contributed by atoms with Crippen LogP contribution in [0.25, 0.3) is 0 Å². The van der Waals surface area contributed by atoms with E-state index in [0.717, 1.165) is 11.3 Å². The first-order valence-corrected chi connectivity index (χ1v) is 6.10. The second kappa shape index (κ2) is 6.01. The number of ether oxygens (including phenoxy) is 1. The molecule has 1 heterocycles. The van der Waals surface area contributed by atoms with E-state index in [2.05, 4.69) is 10.3 Å². The molecule has 0 aliphatic rings. The number of pyridine rings is 1. The Balaban J connectivity index is 2.20. The summed E-state index contributed by atoms with van der Waals surface area (Å²) in [5.74, 6) is 0.235. The Morgan fingerprint density at radius 3 is 2.80 bits per heavy atom. The van der Waals surface area contributed by atoms with Crippen molar-refractivity contribution in [2.75, 3.05) is 12.4 Å². The maximum absolute atomic E-state index is 10.8. The molecule has 0 spiro atoms. The summed E-state index contributed by atoms with van der Waals surface area (Å²) < 4.78 is 5.04. The number of hydrogen-bond donors (Lipinski definition) is 1.